The molecule has 1 rings (SSSR count). The van der Waals surface area contributed by atoms with Crippen molar-refractivity contribution in [2.45, 2.75) is 12.3 Å². The highest BCUT2D eigenvalue weighted by Crippen LogP contribution is 2.25. The number of carbonyl (C=O) groups is 1. The van der Waals surface area contributed by atoms with Gasteiger partial charge in [0.15, 0.2) is 0 Å². The van der Waals surface area contributed by atoms with Gasteiger partial charge in [0.2, 0.25) is 0 Å². The Morgan fingerprint density at radius 3 is 2.69 bits per heavy atom. The molecule has 2 nitrogen and oxygen atoms in total. The average Bonchev–Trinajstić information content (AvgIpc) is 2.08. The van der Waals surface area contributed by atoms with Gasteiger partial charge < -0.3 is 5.11 Å². The predicted molar refractivity (Wildman–Crippen MR) is 55.8 cm³/mol. The average molecular weight is 264 g/mol. The van der Waals surface area contributed by atoms with Gasteiger partial charge in [-0.05, 0) is 18.1 Å². The standard InChI is InChI=1S/C9H8BrClO2/c1-5-2-3-6(4-10)7(8(5)11)9(12)13/h2-3H,4H2,1H3,(H,12,13). The maximum Gasteiger partial charge on any atom is 0.337 e. The first-order chi connectivity index (χ1) is 6.07. The van der Waals surface area contributed by atoms with Gasteiger partial charge in [-0.25, -0.2) is 4.79 Å². The SMILES string of the molecule is Cc1ccc(CBr)c(C(=O)O)c1Cl. The van der Waals surface area contributed by atoms with Crippen LogP contribution < -0.4 is 0 Å². The first-order valence-corrected chi connectivity index (χ1v) is 5.15. The minimum atomic E-state index is -0.983. The number of carboxylic acid groups (broad SMARTS) is 1. The van der Waals surface area contributed by atoms with Crippen LogP contribution in [0.2, 0.25) is 5.02 Å². The fraction of sp³-hybridized carbons (Fsp3) is 0.222. The van der Waals surface area contributed by atoms with E-state index in [9.17, 15) is 4.79 Å². The number of benzene rings is 1. The number of carboxylic acids is 1. The lowest BCUT2D eigenvalue weighted by molar-refractivity contribution is 0.0696. The Bertz CT molecular complexity index is 350. The van der Waals surface area contributed by atoms with Crippen LogP contribution in [0.15, 0.2) is 12.1 Å². The molecular weight excluding hydrogens is 255 g/mol. The molecule has 0 aliphatic heterocycles. The van der Waals surface area contributed by atoms with Crippen LogP contribution in [0.25, 0.3) is 0 Å². The summed E-state index contributed by atoms with van der Waals surface area (Å²) in [6, 6.07) is 3.57. The fourth-order valence-electron chi connectivity index (χ4n) is 1.06. The van der Waals surface area contributed by atoms with Crippen molar-refractivity contribution < 1.29 is 9.90 Å². The van der Waals surface area contributed by atoms with Gasteiger partial charge in [0.1, 0.15) is 0 Å². The zero-order valence-corrected chi connectivity index (χ0v) is 9.32. The Balaban J connectivity index is 3.41. The molecule has 13 heavy (non-hydrogen) atoms. The van der Waals surface area contributed by atoms with E-state index >= 15 is 0 Å². The molecule has 0 saturated carbocycles. The van der Waals surface area contributed by atoms with E-state index < -0.39 is 5.97 Å². The number of aryl methyl sites for hydroxylation is 1. The van der Waals surface area contributed by atoms with Crippen LogP contribution >= 0.6 is 27.5 Å². The van der Waals surface area contributed by atoms with Crippen LogP contribution in [-0.2, 0) is 5.33 Å². The summed E-state index contributed by atoms with van der Waals surface area (Å²) >= 11 is 9.08. The lowest BCUT2D eigenvalue weighted by Gasteiger charge is -2.06. The number of halogens is 2. The molecule has 1 aromatic carbocycles. The molecule has 0 unspecified atom stereocenters. The molecular formula is C9H8BrClO2. The van der Waals surface area contributed by atoms with Gasteiger partial charge in [0.25, 0.3) is 0 Å². The zero-order valence-electron chi connectivity index (χ0n) is 6.97. The van der Waals surface area contributed by atoms with Crippen molar-refractivity contribution in [1.29, 1.82) is 0 Å². The van der Waals surface area contributed by atoms with Crippen molar-refractivity contribution in [2.24, 2.45) is 0 Å². The molecule has 0 radical (unpaired) electrons. The summed E-state index contributed by atoms with van der Waals surface area (Å²) in [5.74, 6) is -0.983. The molecule has 0 saturated heterocycles. The summed E-state index contributed by atoms with van der Waals surface area (Å²) < 4.78 is 0. The highest BCUT2D eigenvalue weighted by atomic mass is 79.9. The topological polar surface area (TPSA) is 37.3 Å². The summed E-state index contributed by atoms with van der Waals surface area (Å²) in [6.07, 6.45) is 0. The smallest absolute Gasteiger partial charge is 0.337 e. The predicted octanol–water partition coefficient (Wildman–Crippen LogP) is 3.24. The van der Waals surface area contributed by atoms with Crippen molar-refractivity contribution in [3.05, 3.63) is 33.8 Å². The molecule has 0 fully saturated rings. The molecule has 0 aromatic heterocycles. The highest BCUT2D eigenvalue weighted by molar-refractivity contribution is 9.08. The third-order valence-corrected chi connectivity index (χ3v) is 2.87. The Hall–Kier alpha value is -0.540. The van der Waals surface area contributed by atoms with Crippen LogP contribution in [-0.4, -0.2) is 11.1 Å². The second-order valence-electron chi connectivity index (χ2n) is 2.67. The van der Waals surface area contributed by atoms with Crippen LogP contribution in [0.4, 0.5) is 0 Å². The number of aromatic carboxylic acids is 1. The number of hydrogen-bond donors (Lipinski definition) is 1. The van der Waals surface area contributed by atoms with E-state index in [1.807, 2.05) is 6.07 Å². The molecule has 1 N–H and O–H groups in total. The van der Waals surface area contributed by atoms with E-state index in [2.05, 4.69) is 15.9 Å². The molecule has 0 amide bonds. The molecule has 0 aliphatic carbocycles. The first kappa shape index (κ1) is 10.5. The summed E-state index contributed by atoms with van der Waals surface area (Å²) in [5, 5.41) is 9.72. The Labute approximate surface area is 89.7 Å². The van der Waals surface area contributed by atoms with Crippen LogP contribution in [0, 0.1) is 6.92 Å². The van der Waals surface area contributed by atoms with Crippen molar-refractivity contribution in [2.75, 3.05) is 0 Å². The van der Waals surface area contributed by atoms with E-state index in [4.69, 9.17) is 16.7 Å². The molecule has 0 atom stereocenters. The summed E-state index contributed by atoms with van der Waals surface area (Å²) in [4.78, 5) is 10.8. The second-order valence-corrected chi connectivity index (χ2v) is 3.61. The van der Waals surface area contributed by atoms with E-state index in [0.717, 1.165) is 5.56 Å². The van der Waals surface area contributed by atoms with Crippen molar-refractivity contribution >= 4 is 33.5 Å². The van der Waals surface area contributed by atoms with Crippen LogP contribution in [0.1, 0.15) is 21.5 Å². The maximum absolute atomic E-state index is 10.8. The van der Waals surface area contributed by atoms with Crippen molar-refractivity contribution in [3.63, 3.8) is 0 Å². The number of alkyl halides is 1. The van der Waals surface area contributed by atoms with Crippen LogP contribution in [0.3, 0.4) is 0 Å². The summed E-state index contributed by atoms with van der Waals surface area (Å²) in [6.45, 7) is 1.78. The highest BCUT2D eigenvalue weighted by Gasteiger charge is 2.14. The fourth-order valence-corrected chi connectivity index (χ4v) is 1.80. The number of rotatable bonds is 2. The van der Waals surface area contributed by atoms with E-state index in [1.54, 1.807) is 13.0 Å². The third kappa shape index (κ3) is 2.03. The summed E-state index contributed by atoms with van der Waals surface area (Å²) in [5.41, 5.74) is 1.67. The van der Waals surface area contributed by atoms with Gasteiger partial charge in [0.05, 0.1) is 10.6 Å². The number of hydrogen-bond acceptors (Lipinski definition) is 1. The lowest BCUT2D eigenvalue weighted by Crippen LogP contribution is -2.03. The van der Waals surface area contributed by atoms with Gasteiger partial charge >= 0.3 is 5.97 Å². The van der Waals surface area contributed by atoms with Gasteiger partial charge in [-0.2, -0.15) is 0 Å². The van der Waals surface area contributed by atoms with Gasteiger partial charge in [-0.15, -0.1) is 0 Å². The van der Waals surface area contributed by atoms with E-state index in [0.29, 0.717) is 15.9 Å². The second kappa shape index (κ2) is 4.11. The molecule has 0 spiro atoms. The minimum Gasteiger partial charge on any atom is -0.478 e. The van der Waals surface area contributed by atoms with Gasteiger partial charge in [-0.3, -0.25) is 0 Å². The molecule has 0 heterocycles. The van der Waals surface area contributed by atoms with Crippen molar-refractivity contribution in [1.82, 2.24) is 0 Å². The Morgan fingerprint density at radius 2 is 2.23 bits per heavy atom. The summed E-state index contributed by atoms with van der Waals surface area (Å²) in [7, 11) is 0. The third-order valence-electron chi connectivity index (χ3n) is 1.78. The van der Waals surface area contributed by atoms with Crippen molar-refractivity contribution in [3.8, 4) is 0 Å². The normalized spacial score (nSPS) is 10.1. The van der Waals surface area contributed by atoms with Gasteiger partial charge in [0, 0.05) is 5.33 Å². The minimum absolute atomic E-state index is 0.193. The maximum atomic E-state index is 10.8. The monoisotopic (exact) mass is 262 g/mol. The Kier molecular flexibility index (Phi) is 3.33. The lowest BCUT2D eigenvalue weighted by atomic mass is 10.1. The quantitative estimate of drug-likeness (QED) is 0.832. The zero-order chi connectivity index (χ0) is 10.0. The first-order valence-electron chi connectivity index (χ1n) is 3.65. The van der Waals surface area contributed by atoms with Gasteiger partial charge in [-0.1, -0.05) is 39.7 Å². The Morgan fingerprint density at radius 1 is 1.62 bits per heavy atom. The molecule has 0 aliphatic rings. The molecule has 0 bridgehead atoms. The molecule has 1 aromatic rings. The molecule has 70 valence electrons. The van der Waals surface area contributed by atoms with E-state index in [1.165, 1.54) is 0 Å². The molecule has 4 heteroatoms. The van der Waals surface area contributed by atoms with E-state index in [-0.39, 0.29) is 5.56 Å². The largest absolute Gasteiger partial charge is 0.478 e. The van der Waals surface area contributed by atoms with Crippen LogP contribution in [0.5, 0.6) is 0 Å².